The van der Waals surface area contributed by atoms with Crippen molar-refractivity contribution in [2.45, 2.75) is 70.4 Å². The van der Waals surface area contributed by atoms with Gasteiger partial charge in [-0.1, -0.05) is 26.2 Å². The number of aliphatic carboxylic acids is 1. The summed E-state index contributed by atoms with van der Waals surface area (Å²) in [4.78, 5) is 22.8. The van der Waals surface area contributed by atoms with Gasteiger partial charge in [0.1, 0.15) is 5.54 Å². The van der Waals surface area contributed by atoms with E-state index in [9.17, 15) is 9.59 Å². The molecule has 0 aromatic rings. The highest BCUT2D eigenvalue weighted by atomic mass is 16.4. The SMILES string of the molecule is CCCCCC(C)NC(=O)CNC1(C(=O)O)CCC1. The lowest BCUT2D eigenvalue weighted by Crippen LogP contribution is -2.59. The van der Waals surface area contributed by atoms with Crippen LogP contribution in [0.4, 0.5) is 0 Å². The maximum Gasteiger partial charge on any atom is 0.323 e. The smallest absolute Gasteiger partial charge is 0.323 e. The van der Waals surface area contributed by atoms with E-state index in [4.69, 9.17) is 5.11 Å². The van der Waals surface area contributed by atoms with Crippen LogP contribution in [-0.4, -0.2) is 35.1 Å². The molecule has 110 valence electrons. The van der Waals surface area contributed by atoms with Gasteiger partial charge in [-0.05, 0) is 32.6 Å². The van der Waals surface area contributed by atoms with Crippen LogP contribution in [0.2, 0.25) is 0 Å². The number of nitrogens with one attached hydrogen (secondary N) is 2. The molecule has 1 unspecified atom stereocenters. The molecule has 1 fully saturated rings. The predicted molar refractivity (Wildman–Crippen MR) is 74.0 cm³/mol. The van der Waals surface area contributed by atoms with Crippen LogP contribution >= 0.6 is 0 Å². The summed E-state index contributed by atoms with van der Waals surface area (Å²) >= 11 is 0. The molecule has 1 aliphatic rings. The van der Waals surface area contributed by atoms with Gasteiger partial charge in [-0.3, -0.25) is 14.9 Å². The lowest BCUT2D eigenvalue weighted by molar-refractivity contribution is -0.149. The van der Waals surface area contributed by atoms with Crippen LogP contribution < -0.4 is 10.6 Å². The van der Waals surface area contributed by atoms with Crippen LogP contribution in [0.3, 0.4) is 0 Å². The van der Waals surface area contributed by atoms with Crippen molar-refractivity contribution in [3.8, 4) is 0 Å². The fraction of sp³-hybridized carbons (Fsp3) is 0.857. The molecule has 0 saturated heterocycles. The van der Waals surface area contributed by atoms with Crippen molar-refractivity contribution in [2.24, 2.45) is 0 Å². The summed E-state index contributed by atoms with van der Waals surface area (Å²) in [6, 6.07) is 0.156. The van der Waals surface area contributed by atoms with Crippen molar-refractivity contribution >= 4 is 11.9 Å². The van der Waals surface area contributed by atoms with Gasteiger partial charge in [0.05, 0.1) is 6.54 Å². The minimum Gasteiger partial charge on any atom is -0.480 e. The molecule has 1 saturated carbocycles. The highest BCUT2D eigenvalue weighted by Crippen LogP contribution is 2.31. The number of rotatable bonds is 9. The van der Waals surface area contributed by atoms with E-state index in [1.54, 1.807) is 0 Å². The first-order valence-corrected chi connectivity index (χ1v) is 7.28. The third kappa shape index (κ3) is 4.82. The standard InChI is InChI=1S/C14H26N2O3/c1-3-4-5-7-11(2)16-12(17)10-15-14(13(18)19)8-6-9-14/h11,15H,3-10H2,1-2H3,(H,16,17)(H,18,19). The van der Waals surface area contributed by atoms with Crippen LogP contribution in [-0.2, 0) is 9.59 Å². The quantitative estimate of drug-likeness (QED) is 0.557. The Morgan fingerprint density at radius 1 is 1.32 bits per heavy atom. The number of hydrogen-bond donors (Lipinski definition) is 3. The second-order valence-electron chi connectivity index (χ2n) is 5.56. The van der Waals surface area contributed by atoms with Crippen molar-refractivity contribution in [3.63, 3.8) is 0 Å². The number of carbonyl (C=O) groups excluding carboxylic acids is 1. The second kappa shape index (κ2) is 7.48. The largest absolute Gasteiger partial charge is 0.480 e. The Kier molecular flexibility index (Phi) is 6.28. The van der Waals surface area contributed by atoms with Gasteiger partial charge >= 0.3 is 5.97 Å². The zero-order chi connectivity index (χ0) is 14.3. The Balaban J connectivity index is 2.22. The minimum absolute atomic E-state index is 0.0877. The number of amides is 1. The highest BCUT2D eigenvalue weighted by molar-refractivity contribution is 5.83. The molecule has 1 aliphatic carbocycles. The number of hydrogen-bond acceptors (Lipinski definition) is 3. The average molecular weight is 270 g/mol. The summed E-state index contributed by atoms with van der Waals surface area (Å²) in [6.45, 7) is 4.23. The summed E-state index contributed by atoms with van der Waals surface area (Å²) in [7, 11) is 0. The molecule has 0 spiro atoms. The molecule has 3 N–H and O–H groups in total. The van der Waals surface area contributed by atoms with E-state index in [0.29, 0.717) is 12.8 Å². The third-order valence-corrected chi connectivity index (χ3v) is 3.85. The van der Waals surface area contributed by atoms with Gasteiger partial charge in [0.2, 0.25) is 5.91 Å². The number of carbonyl (C=O) groups is 2. The molecular formula is C14H26N2O3. The zero-order valence-electron chi connectivity index (χ0n) is 12.0. The Labute approximate surface area is 115 Å². The van der Waals surface area contributed by atoms with Gasteiger partial charge in [-0.25, -0.2) is 0 Å². The van der Waals surface area contributed by atoms with Gasteiger partial charge in [-0.2, -0.15) is 0 Å². The fourth-order valence-electron chi connectivity index (χ4n) is 2.34. The van der Waals surface area contributed by atoms with Gasteiger partial charge < -0.3 is 10.4 Å². The molecule has 0 aliphatic heterocycles. The third-order valence-electron chi connectivity index (χ3n) is 3.85. The first-order chi connectivity index (χ1) is 9.00. The topological polar surface area (TPSA) is 78.4 Å². The fourth-order valence-corrected chi connectivity index (χ4v) is 2.34. The van der Waals surface area contributed by atoms with Crippen LogP contribution in [0.25, 0.3) is 0 Å². The summed E-state index contributed by atoms with van der Waals surface area (Å²) in [5.41, 5.74) is -0.858. The first-order valence-electron chi connectivity index (χ1n) is 7.28. The lowest BCUT2D eigenvalue weighted by atomic mass is 9.77. The molecule has 1 atom stereocenters. The molecule has 1 rings (SSSR count). The van der Waals surface area contributed by atoms with E-state index >= 15 is 0 Å². The Bertz CT molecular complexity index is 314. The van der Waals surface area contributed by atoms with Crippen LogP contribution in [0.1, 0.15) is 58.8 Å². The maximum absolute atomic E-state index is 11.7. The van der Waals surface area contributed by atoms with E-state index in [1.807, 2.05) is 6.92 Å². The maximum atomic E-state index is 11.7. The molecular weight excluding hydrogens is 244 g/mol. The molecule has 5 nitrogen and oxygen atoms in total. The lowest BCUT2D eigenvalue weighted by Gasteiger charge is -2.38. The number of carboxylic acids is 1. The van der Waals surface area contributed by atoms with E-state index < -0.39 is 11.5 Å². The van der Waals surface area contributed by atoms with Gasteiger partial charge in [0, 0.05) is 6.04 Å². The van der Waals surface area contributed by atoms with Crippen LogP contribution in [0, 0.1) is 0 Å². The summed E-state index contributed by atoms with van der Waals surface area (Å²) < 4.78 is 0. The van der Waals surface area contributed by atoms with Crippen LogP contribution in [0.15, 0.2) is 0 Å². The summed E-state index contributed by atoms with van der Waals surface area (Å²) in [5, 5.41) is 14.9. The van der Waals surface area contributed by atoms with Crippen molar-refractivity contribution in [1.82, 2.24) is 10.6 Å². The molecule has 5 heteroatoms. The second-order valence-corrected chi connectivity index (χ2v) is 5.56. The Morgan fingerprint density at radius 2 is 2.00 bits per heavy atom. The molecule has 19 heavy (non-hydrogen) atoms. The molecule has 0 heterocycles. The van der Waals surface area contributed by atoms with E-state index in [0.717, 1.165) is 19.3 Å². The Morgan fingerprint density at radius 3 is 2.47 bits per heavy atom. The summed E-state index contributed by atoms with van der Waals surface area (Å²) in [5.74, 6) is -0.959. The van der Waals surface area contributed by atoms with Crippen LogP contribution in [0.5, 0.6) is 0 Å². The Hall–Kier alpha value is -1.10. The average Bonchev–Trinajstić information content (AvgIpc) is 2.27. The van der Waals surface area contributed by atoms with Crippen molar-refractivity contribution in [3.05, 3.63) is 0 Å². The van der Waals surface area contributed by atoms with E-state index in [2.05, 4.69) is 17.6 Å². The minimum atomic E-state index is -0.858. The van der Waals surface area contributed by atoms with Gasteiger partial charge in [-0.15, -0.1) is 0 Å². The summed E-state index contributed by atoms with van der Waals surface area (Å²) in [6.07, 6.45) is 6.58. The van der Waals surface area contributed by atoms with E-state index in [-0.39, 0.29) is 18.5 Å². The van der Waals surface area contributed by atoms with Crippen molar-refractivity contribution in [2.75, 3.05) is 6.54 Å². The number of carboxylic acid groups (broad SMARTS) is 1. The normalized spacial score (nSPS) is 18.4. The highest BCUT2D eigenvalue weighted by Gasteiger charge is 2.44. The molecule has 0 radical (unpaired) electrons. The first kappa shape index (κ1) is 16.0. The zero-order valence-corrected chi connectivity index (χ0v) is 12.0. The number of unbranched alkanes of at least 4 members (excludes halogenated alkanes) is 2. The van der Waals surface area contributed by atoms with Gasteiger partial charge in [0.15, 0.2) is 0 Å². The van der Waals surface area contributed by atoms with Crippen molar-refractivity contribution < 1.29 is 14.7 Å². The molecule has 0 aromatic heterocycles. The van der Waals surface area contributed by atoms with E-state index in [1.165, 1.54) is 12.8 Å². The monoisotopic (exact) mass is 270 g/mol. The molecule has 1 amide bonds. The molecule has 0 aromatic carbocycles. The van der Waals surface area contributed by atoms with Crippen molar-refractivity contribution in [1.29, 1.82) is 0 Å². The molecule has 0 bridgehead atoms. The van der Waals surface area contributed by atoms with Gasteiger partial charge in [0.25, 0.3) is 0 Å². The predicted octanol–water partition coefficient (Wildman–Crippen LogP) is 1.67.